The molecule has 0 radical (unpaired) electrons. The number of hydrogen-bond acceptors (Lipinski definition) is 4. The number of nitrogens with one attached hydrogen (secondary N) is 2. The first kappa shape index (κ1) is 15.0. The van der Waals surface area contributed by atoms with Crippen molar-refractivity contribution in [3.63, 3.8) is 0 Å². The van der Waals surface area contributed by atoms with Crippen LogP contribution in [0.5, 0.6) is 0 Å². The van der Waals surface area contributed by atoms with Crippen molar-refractivity contribution in [3.05, 3.63) is 17.0 Å². The third-order valence-corrected chi connectivity index (χ3v) is 6.42. The third kappa shape index (κ3) is 4.27. The Morgan fingerprint density at radius 3 is 2.79 bits per heavy atom. The van der Waals surface area contributed by atoms with E-state index in [0.29, 0.717) is 16.7 Å². The van der Waals surface area contributed by atoms with Crippen molar-refractivity contribution in [2.24, 2.45) is 5.92 Å². The smallest absolute Gasteiger partial charge is 0.250 e. The minimum absolute atomic E-state index is 0.431. The number of hydrogen-bond donors (Lipinski definition) is 2. The SMILES string of the molecule is CCCNCc1ccc(S(=O)(=O)NCC2CCC2)s1. The summed E-state index contributed by atoms with van der Waals surface area (Å²) in [5.41, 5.74) is 0. The average Bonchev–Trinajstić information content (AvgIpc) is 2.76. The fourth-order valence-corrected chi connectivity index (χ4v) is 4.47. The Balaban J connectivity index is 1.88. The van der Waals surface area contributed by atoms with E-state index in [1.807, 2.05) is 6.07 Å². The standard InChI is InChI=1S/C13H22N2O2S2/c1-2-8-14-10-12-6-7-13(18-12)19(16,17)15-9-11-4-3-5-11/h6-7,11,14-15H,2-5,8-10H2,1H3. The van der Waals surface area contributed by atoms with Gasteiger partial charge in [0.1, 0.15) is 4.21 Å². The van der Waals surface area contributed by atoms with Crippen LogP contribution in [0.15, 0.2) is 16.3 Å². The summed E-state index contributed by atoms with van der Waals surface area (Å²) in [4.78, 5) is 1.07. The maximum absolute atomic E-state index is 12.1. The van der Waals surface area contributed by atoms with Gasteiger partial charge in [0.25, 0.3) is 0 Å². The van der Waals surface area contributed by atoms with E-state index in [0.717, 1.165) is 37.2 Å². The third-order valence-electron chi connectivity index (χ3n) is 3.41. The van der Waals surface area contributed by atoms with Crippen LogP contribution in [0.3, 0.4) is 0 Å². The highest BCUT2D eigenvalue weighted by Gasteiger charge is 2.22. The van der Waals surface area contributed by atoms with Crippen LogP contribution >= 0.6 is 11.3 Å². The first-order valence-corrected chi connectivity index (χ1v) is 9.21. The summed E-state index contributed by atoms with van der Waals surface area (Å²) in [6.45, 7) is 4.40. The summed E-state index contributed by atoms with van der Waals surface area (Å²) < 4.78 is 27.3. The lowest BCUT2D eigenvalue weighted by atomic mass is 9.86. The second kappa shape index (κ2) is 6.83. The Kier molecular flexibility index (Phi) is 5.38. The Hall–Kier alpha value is -0.430. The average molecular weight is 302 g/mol. The molecule has 2 N–H and O–H groups in total. The van der Waals surface area contributed by atoms with Crippen LogP contribution in [0.2, 0.25) is 0 Å². The van der Waals surface area contributed by atoms with Crippen molar-refractivity contribution in [1.29, 1.82) is 0 Å². The van der Waals surface area contributed by atoms with Gasteiger partial charge in [-0.2, -0.15) is 0 Å². The molecule has 0 aliphatic heterocycles. The van der Waals surface area contributed by atoms with Gasteiger partial charge in [-0.05, 0) is 43.9 Å². The van der Waals surface area contributed by atoms with Crippen LogP contribution in [-0.4, -0.2) is 21.5 Å². The van der Waals surface area contributed by atoms with Gasteiger partial charge in [0, 0.05) is 18.0 Å². The first-order valence-electron chi connectivity index (χ1n) is 6.91. The van der Waals surface area contributed by atoms with Crippen LogP contribution in [-0.2, 0) is 16.6 Å². The zero-order valence-electron chi connectivity index (χ0n) is 11.3. The molecule has 0 aromatic carbocycles. The molecule has 0 unspecified atom stereocenters. The summed E-state index contributed by atoms with van der Waals surface area (Å²) in [6, 6.07) is 3.60. The molecular weight excluding hydrogens is 280 g/mol. The normalized spacial score (nSPS) is 16.5. The van der Waals surface area contributed by atoms with Crippen LogP contribution < -0.4 is 10.0 Å². The van der Waals surface area contributed by atoms with Gasteiger partial charge in [0.2, 0.25) is 10.0 Å². The van der Waals surface area contributed by atoms with Crippen molar-refractivity contribution < 1.29 is 8.42 Å². The Morgan fingerprint density at radius 1 is 1.37 bits per heavy atom. The Labute approximate surface area is 119 Å². The summed E-state index contributed by atoms with van der Waals surface area (Å²) in [6.07, 6.45) is 4.62. The fraction of sp³-hybridized carbons (Fsp3) is 0.692. The second-order valence-corrected chi connectivity index (χ2v) is 8.21. The van der Waals surface area contributed by atoms with Gasteiger partial charge in [-0.15, -0.1) is 11.3 Å². The predicted octanol–water partition coefficient (Wildman–Crippen LogP) is 2.33. The Bertz CT molecular complexity index is 492. The lowest BCUT2D eigenvalue weighted by molar-refractivity contribution is 0.316. The molecule has 1 fully saturated rings. The zero-order chi connectivity index (χ0) is 13.7. The van der Waals surface area contributed by atoms with Crippen molar-refractivity contribution in [3.8, 4) is 0 Å². The molecule has 19 heavy (non-hydrogen) atoms. The van der Waals surface area contributed by atoms with Crippen molar-refractivity contribution in [1.82, 2.24) is 10.0 Å². The molecule has 4 nitrogen and oxygen atoms in total. The van der Waals surface area contributed by atoms with Crippen molar-refractivity contribution in [2.45, 2.75) is 43.4 Å². The predicted molar refractivity (Wildman–Crippen MR) is 78.8 cm³/mol. The second-order valence-electron chi connectivity index (χ2n) is 5.05. The molecule has 2 rings (SSSR count). The van der Waals surface area contributed by atoms with E-state index >= 15 is 0 Å². The van der Waals surface area contributed by atoms with Crippen molar-refractivity contribution in [2.75, 3.05) is 13.1 Å². The van der Waals surface area contributed by atoms with Gasteiger partial charge in [-0.25, -0.2) is 13.1 Å². The van der Waals surface area contributed by atoms with Gasteiger partial charge < -0.3 is 5.32 Å². The molecule has 0 bridgehead atoms. The summed E-state index contributed by atoms with van der Waals surface area (Å²) >= 11 is 1.35. The number of rotatable bonds is 8. The molecule has 1 aliphatic rings. The van der Waals surface area contributed by atoms with E-state index in [9.17, 15) is 8.42 Å². The lowest BCUT2D eigenvalue weighted by Crippen LogP contribution is -2.31. The van der Waals surface area contributed by atoms with Gasteiger partial charge in [-0.3, -0.25) is 0 Å². The molecule has 0 spiro atoms. The Morgan fingerprint density at radius 2 is 2.16 bits per heavy atom. The van der Waals surface area contributed by atoms with E-state index in [-0.39, 0.29) is 0 Å². The first-order chi connectivity index (χ1) is 9.12. The van der Waals surface area contributed by atoms with E-state index < -0.39 is 10.0 Å². The highest BCUT2D eigenvalue weighted by atomic mass is 32.2. The zero-order valence-corrected chi connectivity index (χ0v) is 12.9. The van der Waals surface area contributed by atoms with Crippen LogP contribution in [0.4, 0.5) is 0 Å². The maximum atomic E-state index is 12.1. The molecule has 1 heterocycles. The fourth-order valence-electron chi connectivity index (χ4n) is 1.98. The molecular formula is C13H22N2O2S2. The topological polar surface area (TPSA) is 58.2 Å². The molecule has 0 atom stereocenters. The van der Waals surface area contributed by atoms with Gasteiger partial charge in [-0.1, -0.05) is 13.3 Å². The molecule has 0 amide bonds. The van der Waals surface area contributed by atoms with Gasteiger partial charge >= 0.3 is 0 Å². The van der Waals surface area contributed by atoms with Crippen LogP contribution in [0, 0.1) is 5.92 Å². The summed E-state index contributed by atoms with van der Waals surface area (Å²) in [5.74, 6) is 0.542. The van der Waals surface area contributed by atoms with E-state index in [1.165, 1.54) is 17.8 Å². The highest BCUT2D eigenvalue weighted by Crippen LogP contribution is 2.26. The molecule has 6 heteroatoms. The van der Waals surface area contributed by atoms with Crippen LogP contribution in [0.25, 0.3) is 0 Å². The van der Waals surface area contributed by atoms with Crippen LogP contribution in [0.1, 0.15) is 37.5 Å². The molecule has 1 aromatic heterocycles. The quantitative estimate of drug-likeness (QED) is 0.725. The minimum atomic E-state index is -3.30. The highest BCUT2D eigenvalue weighted by molar-refractivity contribution is 7.91. The molecule has 1 aliphatic carbocycles. The van der Waals surface area contributed by atoms with E-state index in [2.05, 4.69) is 17.0 Å². The number of sulfonamides is 1. The van der Waals surface area contributed by atoms with E-state index in [4.69, 9.17) is 0 Å². The number of thiophene rings is 1. The monoisotopic (exact) mass is 302 g/mol. The maximum Gasteiger partial charge on any atom is 0.250 e. The lowest BCUT2D eigenvalue weighted by Gasteiger charge is -2.25. The van der Waals surface area contributed by atoms with Gasteiger partial charge in [0.05, 0.1) is 0 Å². The summed E-state index contributed by atoms with van der Waals surface area (Å²) in [7, 11) is -3.30. The molecule has 1 saturated carbocycles. The molecule has 108 valence electrons. The molecule has 0 saturated heterocycles. The summed E-state index contributed by atoms with van der Waals surface area (Å²) in [5, 5.41) is 3.28. The molecule has 1 aromatic rings. The largest absolute Gasteiger partial charge is 0.312 e. The van der Waals surface area contributed by atoms with Crippen molar-refractivity contribution >= 4 is 21.4 Å². The minimum Gasteiger partial charge on any atom is -0.312 e. The van der Waals surface area contributed by atoms with E-state index in [1.54, 1.807) is 6.07 Å². The van der Waals surface area contributed by atoms with Gasteiger partial charge in [0.15, 0.2) is 0 Å².